The van der Waals surface area contributed by atoms with Gasteiger partial charge in [0.2, 0.25) is 0 Å². The van der Waals surface area contributed by atoms with E-state index in [4.69, 9.17) is 10.4 Å². The van der Waals surface area contributed by atoms with Crippen LogP contribution in [0.5, 0.6) is 0 Å². The van der Waals surface area contributed by atoms with Crippen LogP contribution >= 0.6 is 11.3 Å². The molecule has 0 saturated heterocycles. The van der Waals surface area contributed by atoms with Gasteiger partial charge in [-0.3, -0.25) is 4.79 Å². The molecule has 1 aromatic heterocycles. The van der Waals surface area contributed by atoms with E-state index in [9.17, 15) is 4.79 Å². The van der Waals surface area contributed by atoms with Crippen LogP contribution in [0.15, 0.2) is 35.7 Å². The molecule has 5 heteroatoms. The summed E-state index contributed by atoms with van der Waals surface area (Å²) in [5, 5.41) is 22.1. The van der Waals surface area contributed by atoms with Crippen LogP contribution in [0.3, 0.4) is 0 Å². The number of nitrogens with zero attached hydrogens (tertiary/aromatic N) is 1. The minimum absolute atomic E-state index is 0.000378. The van der Waals surface area contributed by atoms with Crippen LogP contribution in [0.1, 0.15) is 27.2 Å². The number of hydrogen-bond acceptors (Lipinski definition) is 4. The standard InChI is InChI=1S/C16H12N2O2S/c17-11-12-4-3-6-14(10-12)18-16(20)15-13(7-9-21-15)5-1-2-8-19/h3-4,6-7,9-10,19H,2,8H2,(H,18,20). The van der Waals surface area contributed by atoms with Crippen LogP contribution in [0, 0.1) is 23.2 Å². The lowest BCUT2D eigenvalue weighted by atomic mass is 10.2. The van der Waals surface area contributed by atoms with Gasteiger partial charge in [-0.25, -0.2) is 0 Å². The molecule has 0 saturated carbocycles. The van der Waals surface area contributed by atoms with Crippen molar-refractivity contribution in [2.75, 3.05) is 11.9 Å². The summed E-state index contributed by atoms with van der Waals surface area (Å²) in [5.41, 5.74) is 1.70. The second kappa shape index (κ2) is 7.25. The Labute approximate surface area is 126 Å². The largest absolute Gasteiger partial charge is 0.395 e. The summed E-state index contributed by atoms with van der Waals surface area (Å²) in [6, 6.07) is 10.5. The number of aliphatic hydroxyl groups is 1. The molecular weight excluding hydrogens is 284 g/mol. The number of rotatable bonds is 3. The molecule has 1 aromatic carbocycles. The number of aliphatic hydroxyl groups excluding tert-OH is 1. The van der Waals surface area contributed by atoms with Gasteiger partial charge in [0.05, 0.1) is 18.2 Å². The Morgan fingerprint density at radius 3 is 3.00 bits per heavy atom. The van der Waals surface area contributed by atoms with Crippen LogP contribution in [-0.2, 0) is 0 Å². The highest BCUT2D eigenvalue weighted by Crippen LogP contribution is 2.18. The fourth-order valence-electron chi connectivity index (χ4n) is 1.65. The van der Waals surface area contributed by atoms with Gasteiger partial charge in [-0.2, -0.15) is 5.26 Å². The first kappa shape index (κ1) is 14.8. The Morgan fingerprint density at radius 2 is 2.24 bits per heavy atom. The van der Waals surface area contributed by atoms with Gasteiger partial charge in [0.15, 0.2) is 0 Å². The topological polar surface area (TPSA) is 73.1 Å². The zero-order chi connectivity index (χ0) is 15.1. The normalized spacial score (nSPS) is 9.33. The van der Waals surface area contributed by atoms with Crippen LogP contribution < -0.4 is 5.32 Å². The first-order valence-corrected chi connectivity index (χ1v) is 7.11. The van der Waals surface area contributed by atoms with E-state index in [-0.39, 0.29) is 12.5 Å². The number of thiophene rings is 1. The third-order valence-electron chi connectivity index (χ3n) is 2.58. The van der Waals surface area contributed by atoms with Crippen molar-refractivity contribution in [3.8, 4) is 17.9 Å². The van der Waals surface area contributed by atoms with Crippen molar-refractivity contribution >= 4 is 22.9 Å². The van der Waals surface area contributed by atoms with E-state index in [0.717, 1.165) is 0 Å². The molecule has 1 heterocycles. The third kappa shape index (κ3) is 3.93. The lowest BCUT2D eigenvalue weighted by Gasteiger charge is -2.04. The molecule has 2 rings (SSSR count). The monoisotopic (exact) mass is 296 g/mol. The summed E-state index contributed by atoms with van der Waals surface area (Å²) in [6.45, 7) is -0.000378. The summed E-state index contributed by atoms with van der Waals surface area (Å²) in [4.78, 5) is 12.7. The molecule has 0 bridgehead atoms. The SMILES string of the molecule is N#Cc1cccc(NC(=O)c2sccc2C#CCCO)c1. The van der Waals surface area contributed by atoms with Crippen molar-refractivity contribution in [2.24, 2.45) is 0 Å². The summed E-state index contributed by atoms with van der Waals surface area (Å²) < 4.78 is 0. The third-order valence-corrected chi connectivity index (χ3v) is 3.49. The number of anilines is 1. The minimum Gasteiger partial charge on any atom is -0.395 e. The van der Waals surface area contributed by atoms with Crippen molar-refractivity contribution in [1.82, 2.24) is 0 Å². The average Bonchev–Trinajstić information content (AvgIpc) is 2.96. The number of amides is 1. The van der Waals surface area contributed by atoms with E-state index in [2.05, 4.69) is 17.2 Å². The second-order valence-electron chi connectivity index (χ2n) is 4.09. The van der Waals surface area contributed by atoms with E-state index in [1.54, 1.807) is 35.7 Å². The van der Waals surface area contributed by atoms with E-state index in [1.165, 1.54) is 11.3 Å². The zero-order valence-corrected chi connectivity index (χ0v) is 11.9. The van der Waals surface area contributed by atoms with Crippen LogP contribution in [0.25, 0.3) is 0 Å². The van der Waals surface area contributed by atoms with E-state index in [1.807, 2.05) is 6.07 Å². The average molecular weight is 296 g/mol. The maximum Gasteiger partial charge on any atom is 0.267 e. The quantitative estimate of drug-likeness (QED) is 0.855. The van der Waals surface area contributed by atoms with Crippen LogP contribution in [0.2, 0.25) is 0 Å². The molecule has 104 valence electrons. The lowest BCUT2D eigenvalue weighted by molar-refractivity contribution is 0.103. The maximum absolute atomic E-state index is 12.2. The van der Waals surface area contributed by atoms with Crippen LogP contribution in [0.4, 0.5) is 5.69 Å². The maximum atomic E-state index is 12.2. The van der Waals surface area contributed by atoms with Crippen molar-refractivity contribution in [1.29, 1.82) is 5.26 Å². The van der Waals surface area contributed by atoms with E-state index >= 15 is 0 Å². The van der Waals surface area contributed by atoms with Gasteiger partial charge in [-0.1, -0.05) is 17.9 Å². The molecule has 2 aromatic rings. The zero-order valence-electron chi connectivity index (χ0n) is 11.1. The van der Waals surface area contributed by atoms with Crippen molar-refractivity contribution in [3.05, 3.63) is 51.7 Å². The molecule has 0 spiro atoms. The smallest absolute Gasteiger partial charge is 0.267 e. The Bertz CT molecular complexity index is 747. The highest BCUT2D eigenvalue weighted by atomic mass is 32.1. The molecule has 0 aliphatic rings. The van der Waals surface area contributed by atoms with Gasteiger partial charge in [-0.15, -0.1) is 11.3 Å². The number of hydrogen-bond donors (Lipinski definition) is 2. The Kier molecular flexibility index (Phi) is 5.11. The molecule has 0 atom stereocenters. The molecule has 0 fully saturated rings. The van der Waals surface area contributed by atoms with Crippen LogP contribution in [-0.4, -0.2) is 17.6 Å². The Hall–Kier alpha value is -2.60. The lowest BCUT2D eigenvalue weighted by Crippen LogP contribution is -2.11. The summed E-state index contributed by atoms with van der Waals surface area (Å²) in [5.74, 6) is 5.41. The summed E-state index contributed by atoms with van der Waals surface area (Å²) >= 11 is 1.30. The molecule has 21 heavy (non-hydrogen) atoms. The van der Waals surface area contributed by atoms with Gasteiger partial charge >= 0.3 is 0 Å². The van der Waals surface area contributed by atoms with Gasteiger partial charge in [0, 0.05) is 17.7 Å². The Balaban J connectivity index is 2.16. The van der Waals surface area contributed by atoms with Gasteiger partial charge < -0.3 is 10.4 Å². The first-order valence-electron chi connectivity index (χ1n) is 6.23. The predicted octanol–water partition coefficient (Wildman–Crippen LogP) is 2.61. The van der Waals surface area contributed by atoms with Crippen molar-refractivity contribution in [2.45, 2.75) is 6.42 Å². The van der Waals surface area contributed by atoms with Gasteiger partial charge in [0.25, 0.3) is 5.91 Å². The molecule has 0 unspecified atom stereocenters. The van der Waals surface area contributed by atoms with Gasteiger partial charge in [0.1, 0.15) is 4.88 Å². The molecule has 0 aliphatic heterocycles. The highest BCUT2D eigenvalue weighted by Gasteiger charge is 2.12. The Morgan fingerprint density at radius 1 is 1.38 bits per heavy atom. The van der Waals surface area contributed by atoms with Crippen molar-refractivity contribution < 1.29 is 9.90 Å². The minimum atomic E-state index is -0.256. The fourth-order valence-corrected chi connectivity index (χ4v) is 2.40. The fraction of sp³-hybridized carbons (Fsp3) is 0.125. The molecule has 1 amide bonds. The van der Waals surface area contributed by atoms with Gasteiger partial charge in [-0.05, 0) is 29.6 Å². The molecule has 0 radical (unpaired) electrons. The number of nitrogens with one attached hydrogen (secondary N) is 1. The molecular formula is C16H12N2O2S. The molecule has 0 aliphatic carbocycles. The highest BCUT2D eigenvalue weighted by molar-refractivity contribution is 7.12. The summed E-state index contributed by atoms with van der Waals surface area (Å²) in [7, 11) is 0. The first-order chi connectivity index (χ1) is 10.2. The van der Waals surface area contributed by atoms with Crippen molar-refractivity contribution in [3.63, 3.8) is 0 Å². The number of carbonyl (C=O) groups is 1. The molecule has 4 nitrogen and oxygen atoms in total. The number of nitriles is 1. The second-order valence-corrected chi connectivity index (χ2v) is 5.00. The van der Waals surface area contributed by atoms with E-state index < -0.39 is 0 Å². The molecule has 2 N–H and O–H groups in total. The summed E-state index contributed by atoms with van der Waals surface area (Å²) in [6.07, 6.45) is 0.376. The predicted molar refractivity (Wildman–Crippen MR) is 82.0 cm³/mol. The van der Waals surface area contributed by atoms with E-state index in [0.29, 0.717) is 28.1 Å². The number of carbonyl (C=O) groups excluding carboxylic acids is 1. The number of benzene rings is 1.